The van der Waals surface area contributed by atoms with Crippen molar-refractivity contribution < 1.29 is 18.7 Å². The summed E-state index contributed by atoms with van der Waals surface area (Å²) in [6.07, 6.45) is 3.05. The largest absolute Gasteiger partial charge is 0.497 e. The van der Waals surface area contributed by atoms with E-state index >= 15 is 0 Å². The van der Waals surface area contributed by atoms with E-state index in [0.717, 1.165) is 6.42 Å². The first-order valence-corrected chi connectivity index (χ1v) is 7.94. The van der Waals surface area contributed by atoms with E-state index in [1.165, 1.54) is 0 Å². The molecule has 3 rings (SSSR count). The second kappa shape index (κ2) is 7.21. The molecule has 2 amide bonds. The molecule has 126 valence electrons. The molecule has 0 radical (unpaired) electrons. The van der Waals surface area contributed by atoms with E-state index < -0.39 is 6.04 Å². The molecular weight excluding hydrogens is 308 g/mol. The summed E-state index contributed by atoms with van der Waals surface area (Å²) in [6.45, 7) is 0.901. The fourth-order valence-corrected chi connectivity index (χ4v) is 2.91. The molecule has 1 aromatic heterocycles. The molecule has 6 nitrogen and oxygen atoms in total. The topological polar surface area (TPSA) is 71.8 Å². The Morgan fingerprint density at radius 3 is 2.96 bits per heavy atom. The van der Waals surface area contributed by atoms with Crippen molar-refractivity contribution in [2.45, 2.75) is 25.4 Å². The van der Waals surface area contributed by atoms with Crippen molar-refractivity contribution in [3.63, 3.8) is 0 Å². The fraction of sp³-hybridized carbons (Fsp3) is 0.333. The van der Waals surface area contributed by atoms with E-state index in [2.05, 4.69) is 5.32 Å². The van der Waals surface area contributed by atoms with E-state index in [4.69, 9.17) is 9.15 Å². The zero-order valence-corrected chi connectivity index (χ0v) is 13.5. The van der Waals surface area contributed by atoms with Crippen LogP contribution in [0.15, 0.2) is 47.1 Å². The monoisotopic (exact) mass is 328 g/mol. The number of likely N-dealkylation sites (tertiary alicyclic amines) is 1. The van der Waals surface area contributed by atoms with Crippen LogP contribution in [-0.2, 0) is 11.3 Å². The molecule has 1 aliphatic heterocycles. The Hall–Kier alpha value is -2.76. The van der Waals surface area contributed by atoms with Crippen LogP contribution >= 0.6 is 0 Å². The normalized spacial score (nSPS) is 16.9. The van der Waals surface area contributed by atoms with Crippen LogP contribution < -0.4 is 10.1 Å². The quantitative estimate of drug-likeness (QED) is 0.913. The molecule has 0 spiro atoms. The number of nitrogens with one attached hydrogen (secondary N) is 1. The van der Waals surface area contributed by atoms with Crippen molar-refractivity contribution in [2.75, 3.05) is 13.7 Å². The second-order valence-electron chi connectivity index (χ2n) is 5.69. The van der Waals surface area contributed by atoms with Gasteiger partial charge in [0.1, 0.15) is 17.6 Å². The standard InChI is InChI=1S/C18H20N2O4/c1-23-14-6-2-5-13(11-14)18(22)20-9-3-8-16(20)17(21)19-12-15-7-4-10-24-15/h2,4-7,10-11,16H,3,8-9,12H2,1H3,(H,19,21). The zero-order valence-electron chi connectivity index (χ0n) is 13.5. The first-order valence-electron chi connectivity index (χ1n) is 7.94. The average Bonchev–Trinajstić information content (AvgIpc) is 3.30. The van der Waals surface area contributed by atoms with Gasteiger partial charge in [0.2, 0.25) is 5.91 Å². The summed E-state index contributed by atoms with van der Waals surface area (Å²) in [4.78, 5) is 26.8. The number of carbonyl (C=O) groups excluding carboxylic acids is 2. The molecule has 0 bridgehead atoms. The highest BCUT2D eigenvalue weighted by molar-refractivity contribution is 5.98. The minimum atomic E-state index is -0.446. The maximum Gasteiger partial charge on any atom is 0.254 e. The van der Waals surface area contributed by atoms with Crippen LogP contribution in [0, 0.1) is 0 Å². The Labute approximate surface area is 140 Å². The number of amides is 2. The van der Waals surface area contributed by atoms with Gasteiger partial charge in [-0.3, -0.25) is 9.59 Å². The Bertz CT molecular complexity index is 712. The van der Waals surface area contributed by atoms with Gasteiger partial charge in [0.15, 0.2) is 0 Å². The molecule has 6 heteroatoms. The summed E-state index contributed by atoms with van der Waals surface area (Å²) in [6, 6.07) is 10.1. The highest BCUT2D eigenvalue weighted by Gasteiger charge is 2.34. The van der Waals surface area contributed by atoms with Crippen LogP contribution in [0.25, 0.3) is 0 Å². The zero-order chi connectivity index (χ0) is 16.9. The molecule has 1 unspecified atom stereocenters. The number of nitrogens with zero attached hydrogens (tertiary/aromatic N) is 1. The summed E-state index contributed by atoms with van der Waals surface area (Å²) in [5, 5.41) is 2.83. The van der Waals surface area contributed by atoms with E-state index in [1.807, 2.05) is 0 Å². The molecule has 2 aromatic rings. The molecule has 1 aliphatic rings. The summed E-state index contributed by atoms with van der Waals surface area (Å²) in [5.74, 6) is 1.01. The summed E-state index contributed by atoms with van der Waals surface area (Å²) >= 11 is 0. The van der Waals surface area contributed by atoms with Crippen molar-refractivity contribution in [2.24, 2.45) is 0 Å². The third-order valence-corrected chi connectivity index (χ3v) is 4.15. The number of hydrogen-bond donors (Lipinski definition) is 1. The lowest BCUT2D eigenvalue weighted by molar-refractivity contribution is -0.125. The maximum absolute atomic E-state index is 12.7. The van der Waals surface area contributed by atoms with Crippen LogP contribution in [0.2, 0.25) is 0 Å². The third-order valence-electron chi connectivity index (χ3n) is 4.15. The smallest absolute Gasteiger partial charge is 0.254 e. The van der Waals surface area contributed by atoms with Gasteiger partial charge in [0, 0.05) is 12.1 Å². The molecule has 1 saturated heterocycles. The summed E-state index contributed by atoms with van der Waals surface area (Å²) < 4.78 is 10.4. The van der Waals surface area contributed by atoms with Gasteiger partial charge in [-0.05, 0) is 43.2 Å². The lowest BCUT2D eigenvalue weighted by Crippen LogP contribution is -2.45. The highest BCUT2D eigenvalue weighted by Crippen LogP contribution is 2.22. The molecule has 1 atom stereocenters. The van der Waals surface area contributed by atoms with Crippen LogP contribution in [0.4, 0.5) is 0 Å². The van der Waals surface area contributed by atoms with E-state index in [9.17, 15) is 9.59 Å². The lowest BCUT2D eigenvalue weighted by Gasteiger charge is -2.24. The average molecular weight is 328 g/mol. The summed E-state index contributed by atoms with van der Waals surface area (Å²) in [7, 11) is 1.56. The SMILES string of the molecule is COc1cccc(C(=O)N2CCCC2C(=O)NCc2ccco2)c1. The van der Waals surface area contributed by atoms with Crippen LogP contribution in [0.5, 0.6) is 5.75 Å². The number of hydrogen-bond acceptors (Lipinski definition) is 4. The maximum atomic E-state index is 12.7. The molecular formula is C18H20N2O4. The number of carbonyl (C=O) groups is 2. The van der Waals surface area contributed by atoms with Crippen molar-refractivity contribution in [3.05, 3.63) is 54.0 Å². The van der Waals surface area contributed by atoms with Gasteiger partial charge in [0.25, 0.3) is 5.91 Å². The Balaban J connectivity index is 1.67. The van der Waals surface area contributed by atoms with E-state index in [0.29, 0.717) is 36.6 Å². The molecule has 1 fully saturated rings. The third kappa shape index (κ3) is 3.42. The van der Waals surface area contributed by atoms with Gasteiger partial charge >= 0.3 is 0 Å². The minimum Gasteiger partial charge on any atom is -0.497 e. The predicted octanol–water partition coefficient (Wildman–Crippen LogP) is 2.21. The van der Waals surface area contributed by atoms with Crippen LogP contribution in [-0.4, -0.2) is 36.4 Å². The number of benzene rings is 1. The first-order chi connectivity index (χ1) is 11.7. The Morgan fingerprint density at radius 2 is 2.21 bits per heavy atom. The number of furan rings is 1. The Kier molecular flexibility index (Phi) is 4.84. The number of ether oxygens (including phenoxy) is 1. The van der Waals surface area contributed by atoms with Gasteiger partial charge in [-0.1, -0.05) is 6.07 Å². The summed E-state index contributed by atoms with van der Waals surface area (Å²) in [5.41, 5.74) is 0.528. The lowest BCUT2D eigenvalue weighted by atomic mass is 10.1. The van der Waals surface area contributed by atoms with Gasteiger partial charge in [-0.2, -0.15) is 0 Å². The van der Waals surface area contributed by atoms with E-state index in [-0.39, 0.29) is 11.8 Å². The second-order valence-corrected chi connectivity index (χ2v) is 5.69. The molecule has 2 heterocycles. The first kappa shape index (κ1) is 16.1. The van der Waals surface area contributed by atoms with Gasteiger partial charge < -0.3 is 19.4 Å². The molecule has 0 aliphatic carbocycles. The molecule has 1 aromatic carbocycles. The van der Waals surface area contributed by atoms with Crippen molar-refractivity contribution in [1.82, 2.24) is 10.2 Å². The highest BCUT2D eigenvalue weighted by atomic mass is 16.5. The number of methoxy groups -OCH3 is 1. The van der Waals surface area contributed by atoms with E-state index in [1.54, 1.807) is 54.7 Å². The number of rotatable bonds is 5. The van der Waals surface area contributed by atoms with Crippen LogP contribution in [0.1, 0.15) is 29.0 Å². The molecule has 1 N–H and O–H groups in total. The van der Waals surface area contributed by atoms with Crippen LogP contribution in [0.3, 0.4) is 0 Å². The Morgan fingerprint density at radius 1 is 1.33 bits per heavy atom. The van der Waals surface area contributed by atoms with Gasteiger partial charge in [0.05, 0.1) is 19.9 Å². The van der Waals surface area contributed by atoms with Crippen molar-refractivity contribution in [1.29, 1.82) is 0 Å². The predicted molar refractivity (Wildman–Crippen MR) is 87.6 cm³/mol. The molecule has 24 heavy (non-hydrogen) atoms. The minimum absolute atomic E-state index is 0.149. The van der Waals surface area contributed by atoms with Gasteiger partial charge in [-0.25, -0.2) is 0 Å². The van der Waals surface area contributed by atoms with Gasteiger partial charge in [-0.15, -0.1) is 0 Å². The van der Waals surface area contributed by atoms with Crippen molar-refractivity contribution >= 4 is 11.8 Å². The fourth-order valence-electron chi connectivity index (χ4n) is 2.91. The van der Waals surface area contributed by atoms with Crippen molar-refractivity contribution in [3.8, 4) is 5.75 Å². The molecule has 0 saturated carbocycles.